The van der Waals surface area contributed by atoms with Crippen LogP contribution in [0.5, 0.6) is 5.75 Å². The van der Waals surface area contributed by atoms with E-state index in [2.05, 4.69) is 15.5 Å². The Kier molecular flexibility index (Phi) is 7.30. The van der Waals surface area contributed by atoms with Crippen LogP contribution < -0.4 is 15.0 Å². The van der Waals surface area contributed by atoms with Crippen LogP contribution in [0, 0.1) is 0 Å². The molecular weight excluding hydrogens is 469 g/mol. The third-order valence-corrected chi connectivity index (χ3v) is 6.18. The molecule has 1 aromatic heterocycles. The lowest BCUT2D eigenvalue weighted by atomic mass is 10.1. The Morgan fingerprint density at radius 3 is 2.65 bits per heavy atom. The van der Waals surface area contributed by atoms with Gasteiger partial charge in [-0.2, -0.15) is 13.2 Å². The summed E-state index contributed by atoms with van der Waals surface area (Å²) < 4.78 is 50.7. The molecule has 2 heterocycles. The van der Waals surface area contributed by atoms with E-state index in [1.165, 1.54) is 13.2 Å². The summed E-state index contributed by atoms with van der Waals surface area (Å²) in [4.78, 5) is 14.6. The van der Waals surface area contributed by atoms with Gasteiger partial charge in [-0.3, -0.25) is 4.79 Å². The fraction of sp³-hybridized carbons (Fsp3) is 0.348. The molecule has 1 saturated heterocycles. The van der Waals surface area contributed by atoms with Crippen LogP contribution in [-0.2, 0) is 11.0 Å². The van der Waals surface area contributed by atoms with Crippen LogP contribution in [-0.4, -0.2) is 42.1 Å². The molecule has 180 valence electrons. The smallest absolute Gasteiger partial charge is 0.416 e. The van der Waals surface area contributed by atoms with Crippen molar-refractivity contribution >= 4 is 29.0 Å². The summed E-state index contributed by atoms with van der Waals surface area (Å²) in [6.45, 7) is 1.47. The number of ether oxygens (including phenoxy) is 1. The Bertz CT molecular complexity index is 1150. The minimum Gasteiger partial charge on any atom is -0.496 e. The molecular formula is C23H23F3N4O3S. The van der Waals surface area contributed by atoms with Crippen molar-refractivity contribution in [3.8, 4) is 17.2 Å². The molecule has 34 heavy (non-hydrogen) atoms. The van der Waals surface area contributed by atoms with Crippen LogP contribution in [0.1, 0.15) is 24.8 Å². The van der Waals surface area contributed by atoms with Gasteiger partial charge in [-0.05, 0) is 49.6 Å². The Hall–Kier alpha value is -3.21. The monoisotopic (exact) mass is 492 g/mol. The average Bonchev–Trinajstić information content (AvgIpc) is 3.31. The van der Waals surface area contributed by atoms with Crippen molar-refractivity contribution < 1.29 is 27.1 Å². The first-order valence-electron chi connectivity index (χ1n) is 10.7. The highest BCUT2D eigenvalue weighted by Crippen LogP contribution is 2.36. The molecule has 0 aliphatic carbocycles. The van der Waals surface area contributed by atoms with Gasteiger partial charge in [-0.15, -0.1) is 10.2 Å². The number of carbonyl (C=O) groups excluding carboxylic acids is 1. The Balaban J connectivity index is 1.46. The van der Waals surface area contributed by atoms with Crippen LogP contribution in [0.25, 0.3) is 11.5 Å². The van der Waals surface area contributed by atoms with E-state index in [1.807, 2.05) is 11.0 Å². The number of para-hydroxylation sites is 1. The van der Waals surface area contributed by atoms with Crippen molar-refractivity contribution in [1.82, 2.24) is 10.2 Å². The van der Waals surface area contributed by atoms with Crippen molar-refractivity contribution in [1.29, 1.82) is 0 Å². The highest BCUT2D eigenvalue weighted by atomic mass is 32.2. The van der Waals surface area contributed by atoms with Gasteiger partial charge in [-0.1, -0.05) is 23.9 Å². The Labute approximate surface area is 198 Å². The molecule has 2 aromatic carbocycles. The standard InChI is InChI=1S/C23H23F3N4O3S/c1-32-19-8-4-3-7-16(19)21-28-29-22(33-21)34-14-20(31)27-17-13-15(23(24,25)26)9-10-18(17)30-11-5-2-6-12-30/h3-4,7-10,13H,2,5-6,11-12,14H2,1H3,(H,27,31). The van der Waals surface area contributed by atoms with Gasteiger partial charge in [-0.25, -0.2) is 0 Å². The van der Waals surface area contributed by atoms with E-state index in [0.29, 0.717) is 17.0 Å². The molecule has 1 N–H and O–H groups in total. The largest absolute Gasteiger partial charge is 0.496 e. The zero-order valence-corrected chi connectivity index (χ0v) is 19.2. The summed E-state index contributed by atoms with van der Waals surface area (Å²) >= 11 is 0.999. The summed E-state index contributed by atoms with van der Waals surface area (Å²) in [5, 5.41) is 10.7. The van der Waals surface area contributed by atoms with Gasteiger partial charge in [0.15, 0.2) is 0 Å². The third kappa shape index (κ3) is 5.64. The number of anilines is 2. The van der Waals surface area contributed by atoms with E-state index in [9.17, 15) is 18.0 Å². The van der Waals surface area contributed by atoms with Gasteiger partial charge in [0.2, 0.25) is 5.91 Å². The van der Waals surface area contributed by atoms with Gasteiger partial charge in [0.05, 0.1) is 35.4 Å². The molecule has 7 nitrogen and oxygen atoms in total. The average molecular weight is 493 g/mol. The number of piperidine rings is 1. The quantitative estimate of drug-likeness (QED) is 0.437. The van der Waals surface area contributed by atoms with Crippen molar-refractivity contribution in [3.63, 3.8) is 0 Å². The van der Waals surface area contributed by atoms with Crippen molar-refractivity contribution in [2.24, 2.45) is 0 Å². The number of methoxy groups -OCH3 is 1. The third-order valence-electron chi connectivity index (χ3n) is 5.37. The lowest BCUT2D eigenvalue weighted by Gasteiger charge is -2.31. The van der Waals surface area contributed by atoms with E-state index in [1.54, 1.807) is 18.2 Å². The number of nitrogens with zero attached hydrogens (tertiary/aromatic N) is 3. The number of aromatic nitrogens is 2. The fourth-order valence-electron chi connectivity index (χ4n) is 3.73. The summed E-state index contributed by atoms with van der Waals surface area (Å²) in [7, 11) is 1.53. The predicted octanol–water partition coefficient (Wildman–Crippen LogP) is 5.49. The predicted molar refractivity (Wildman–Crippen MR) is 123 cm³/mol. The SMILES string of the molecule is COc1ccccc1-c1nnc(SCC(=O)Nc2cc(C(F)(F)F)ccc2N2CCCCC2)o1. The van der Waals surface area contributed by atoms with Crippen LogP contribution in [0.2, 0.25) is 0 Å². The molecule has 4 rings (SSSR count). The first-order valence-corrected chi connectivity index (χ1v) is 11.7. The molecule has 0 unspecified atom stereocenters. The number of nitrogens with one attached hydrogen (secondary N) is 1. The summed E-state index contributed by atoms with van der Waals surface area (Å²) in [5.41, 5.74) is 0.531. The lowest BCUT2D eigenvalue weighted by molar-refractivity contribution is -0.137. The maximum atomic E-state index is 13.3. The number of amides is 1. The minimum absolute atomic E-state index is 0.108. The number of halogens is 3. The van der Waals surface area contributed by atoms with Crippen LogP contribution in [0.15, 0.2) is 52.1 Å². The number of carbonyl (C=O) groups is 1. The molecule has 0 spiro atoms. The van der Waals surface area contributed by atoms with Gasteiger partial charge < -0.3 is 19.4 Å². The second-order valence-electron chi connectivity index (χ2n) is 7.69. The van der Waals surface area contributed by atoms with Crippen molar-refractivity contribution in [2.45, 2.75) is 30.7 Å². The number of hydrogen-bond acceptors (Lipinski definition) is 7. The normalized spacial score (nSPS) is 14.2. The van der Waals surface area contributed by atoms with Gasteiger partial charge in [0, 0.05) is 13.1 Å². The topological polar surface area (TPSA) is 80.5 Å². The zero-order valence-electron chi connectivity index (χ0n) is 18.4. The molecule has 1 aliphatic rings. The molecule has 0 bridgehead atoms. The molecule has 0 atom stereocenters. The highest BCUT2D eigenvalue weighted by Gasteiger charge is 2.32. The maximum absolute atomic E-state index is 13.3. The summed E-state index contributed by atoms with van der Waals surface area (Å²) in [6, 6.07) is 10.6. The van der Waals surface area contributed by atoms with E-state index in [-0.39, 0.29) is 22.6 Å². The number of thioether (sulfide) groups is 1. The molecule has 1 aliphatic heterocycles. The second kappa shape index (κ2) is 10.4. The molecule has 11 heteroatoms. The van der Waals surface area contributed by atoms with Gasteiger partial charge >= 0.3 is 6.18 Å². The first kappa shape index (κ1) is 23.9. The second-order valence-corrected chi connectivity index (χ2v) is 8.61. The highest BCUT2D eigenvalue weighted by molar-refractivity contribution is 7.99. The summed E-state index contributed by atoms with van der Waals surface area (Å²) in [6.07, 6.45) is -1.52. The van der Waals surface area contributed by atoms with Gasteiger partial charge in [0.1, 0.15) is 5.75 Å². The van der Waals surface area contributed by atoms with Crippen molar-refractivity contribution in [3.05, 3.63) is 48.0 Å². The fourth-order valence-corrected chi connectivity index (χ4v) is 4.30. The molecule has 3 aromatic rings. The number of alkyl halides is 3. The van der Waals surface area contributed by atoms with E-state index >= 15 is 0 Å². The molecule has 0 saturated carbocycles. The first-order chi connectivity index (χ1) is 16.3. The lowest BCUT2D eigenvalue weighted by Crippen LogP contribution is -2.30. The van der Waals surface area contributed by atoms with E-state index < -0.39 is 17.6 Å². The Morgan fingerprint density at radius 1 is 1.15 bits per heavy atom. The van der Waals surface area contributed by atoms with E-state index in [0.717, 1.165) is 56.2 Å². The number of hydrogen-bond donors (Lipinski definition) is 1. The van der Waals surface area contributed by atoms with E-state index in [4.69, 9.17) is 9.15 Å². The molecule has 0 radical (unpaired) electrons. The molecule has 1 fully saturated rings. The van der Waals surface area contributed by atoms with Crippen LogP contribution in [0.4, 0.5) is 24.5 Å². The zero-order chi connectivity index (χ0) is 24.1. The Morgan fingerprint density at radius 2 is 1.91 bits per heavy atom. The van der Waals surface area contributed by atoms with Crippen molar-refractivity contribution in [2.75, 3.05) is 36.2 Å². The van der Waals surface area contributed by atoms with Crippen LogP contribution in [0.3, 0.4) is 0 Å². The number of rotatable bonds is 7. The molecule has 1 amide bonds. The summed E-state index contributed by atoms with van der Waals surface area (Å²) in [5.74, 6) is 0.226. The van der Waals surface area contributed by atoms with Crippen LogP contribution >= 0.6 is 11.8 Å². The minimum atomic E-state index is -4.51. The van der Waals surface area contributed by atoms with Gasteiger partial charge in [0.25, 0.3) is 11.1 Å². The number of benzene rings is 2. The maximum Gasteiger partial charge on any atom is 0.416 e.